The molecule has 0 aromatic rings. The molecule has 0 spiro atoms. The van der Waals surface area contributed by atoms with Crippen LogP contribution in [0.5, 0.6) is 0 Å². The number of hydrogen-bond acceptors (Lipinski definition) is 0. The first-order valence-corrected chi connectivity index (χ1v) is 0. The van der Waals surface area contributed by atoms with Crippen molar-refractivity contribution >= 4 is 183 Å². The van der Waals surface area contributed by atoms with Gasteiger partial charge in [-0.05, 0) is 0 Å². The van der Waals surface area contributed by atoms with Crippen LogP contribution < -0.4 is 0 Å². The van der Waals surface area contributed by atoms with Gasteiger partial charge in [0.1, 0.15) is 0 Å². The molecule has 0 nitrogen and oxygen atoms in total. The molecule has 0 bridgehead atoms. The van der Waals surface area contributed by atoms with Crippen LogP contribution in [0, 0.1) is 0 Å². The molecule has 0 atom stereocenters. The van der Waals surface area contributed by atoms with Crippen LogP contribution in [0.4, 0.5) is 0 Å². The van der Waals surface area contributed by atoms with Gasteiger partial charge in [-0.25, -0.2) is 0 Å². The van der Waals surface area contributed by atoms with E-state index >= 15 is 0 Å². The molecule has 0 unspecified atom stereocenters. The van der Waals surface area contributed by atoms with E-state index in [0.717, 1.165) is 0 Å². The maximum Gasteiger partial charge on any atom is 3.00 e. The third-order valence-corrected chi connectivity index (χ3v) is 0. The second-order valence-electron chi connectivity index (χ2n) is 0. The second kappa shape index (κ2) is 69.4. The summed E-state index contributed by atoms with van der Waals surface area (Å²) in [5.41, 5.74) is 0. The summed E-state index contributed by atoms with van der Waals surface area (Å²) in [6.07, 6.45) is 0. The van der Waals surface area contributed by atoms with Gasteiger partial charge in [0.15, 0.2) is 0 Å². The molecule has 0 fully saturated rings. The van der Waals surface area contributed by atoms with Gasteiger partial charge in [-0.15, -0.1) is 0 Å². The number of rotatable bonds is 0. The molecule has 0 aliphatic heterocycles. The van der Waals surface area contributed by atoms with E-state index in [0.29, 0.717) is 0 Å². The number of hydrogen-bond donors (Lipinski definition) is 0. The molecule has 0 radical (unpaired) electrons. The zero-order chi connectivity index (χ0) is 0. The average Bonchev–Trinajstić information content (AvgIpc) is 0. The Morgan fingerprint density at radius 1 is 0.333 bits per heavy atom. The Kier molecular flexibility index (Phi) is 669. The Balaban J connectivity index is 0. The fourth-order valence-electron chi connectivity index (χ4n) is 0. The molecule has 0 aliphatic carbocycles. The molecule has 0 amide bonds. The summed E-state index contributed by atoms with van der Waals surface area (Å²) in [6, 6.07) is 0. The van der Waals surface area contributed by atoms with Crippen LogP contribution in [-0.4, -0.2) is 115 Å². The molecule has 0 rings (SSSR count). The second-order valence-corrected chi connectivity index (χ2v) is 0. The molecule has 0 aromatic heterocycles. The monoisotopic (exact) mass is 378 g/mol. The predicted molar refractivity (Wildman–Crippen MR) is 59.8 cm³/mol. The van der Waals surface area contributed by atoms with Crippen molar-refractivity contribution in [2.24, 2.45) is 0 Å². The molecular weight excluding hydrogens is 380 g/mol. The van der Waals surface area contributed by atoms with Gasteiger partial charge >= 0.3 is 115 Å². The van der Waals surface area contributed by atoms with Gasteiger partial charge in [0.2, 0.25) is 0 Å². The fraction of sp³-hybridized carbons (Fsp3) is 0. The van der Waals surface area contributed by atoms with Gasteiger partial charge in [-0.1, -0.05) is 0 Å². The quantitative estimate of drug-likeness (QED) is 0.448. The summed E-state index contributed by atoms with van der Waals surface area (Å²) < 4.78 is 0. The summed E-state index contributed by atoms with van der Waals surface area (Å²) in [5, 5.41) is 0. The van der Waals surface area contributed by atoms with Gasteiger partial charge in [0, 0.05) is 0 Å². The van der Waals surface area contributed by atoms with Crippen molar-refractivity contribution in [2.75, 3.05) is 0 Å². The average molecular weight is 380 g/mol. The molecule has 0 aromatic carbocycles. The van der Waals surface area contributed by atoms with E-state index in [1.54, 1.807) is 0 Å². The zero-order valence-electron chi connectivity index (χ0n) is 4.61. The minimum Gasteiger partial charge on any atom is -2.00 e. The van der Waals surface area contributed by atoms with Crippen molar-refractivity contribution in [2.45, 2.75) is 0 Å². The van der Waals surface area contributed by atoms with Crippen LogP contribution in [-0.2, 0) is 67.5 Å². The topological polar surface area (TPSA) is 0 Å². The Morgan fingerprint density at radius 3 is 0.333 bits per heavy atom. The Hall–Kier alpha value is 5.54. The largest absolute Gasteiger partial charge is 3.00 e. The van der Waals surface area contributed by atoms with Crippen LogP contribution in [0.25, 0.3) is 0 Å². The minimum atomic E-state index is 0. The van der Waals surface area contributed by atoms with Crippen LogP contribution in [0.1, 0.15) is 0 Å². The Bertz CT molecular complexity index is 12.9. The normalized spacial score (nSPS) is 0. The van der Waals surface area contributed by atoms with Crippen molar-refractivity contribution in [1.29, 1.82) is 0 Å². The van der Waals surface area contributed by atoms with Crippen LogP contribution in [0.15, 0.2) is 0 Å². The van der Waals surface area contributed by atoms with E-state index in [4.69, 9.17) is 0 Å². The summed E-state index contributed by atoms with van der Waals surface area (Å²) in [4.78, 5) is 0. The van der Waals surface area contributed by atoms with Gasteiger partial charge in [0.05, 0.1) is 0 Å². The standard InChI is InChI=1S/2Ca.2Ga.5S/q2*+2;2*+3;5*-2. The summed E-state index contributed by atoms with van der Waals surface area (Å²) in [6.45, 7) is 0. The molecular formula is Ca2Ga2S5. The van der Waals surface area contributed by atoms with Crippen molar-refractivity contribution in [3.63, 3.8) is 0 Å². The Morgan fingerprint density at radius 2 is 0.333 bits per heavy atom. The van der Waals surface area contributed by atoms with E-state index in [9.17, 15) is 0 Å². The van der Waals surface area contributed by atoms with Crippen molar-refractivity contribution in [1.82, 2.24) is 0 Å². The van der Waals surface area contributed by atoms with Gasteiger partial charge in [-0.2, -0.15) is 0 Å². The Labute approximate surface area is 178 Å². The van der Waals surface area contributed by atoms with E-state index < -0.39 is 0 Å². The molecule has 0 saturated heterocycles. The van der Waals surface area contributed by atoms with Crippen molar-refractivity contribution < 1.29 is 0 Å². The smallest absolute Gasteiger partial charge is 2.00 e. The molecule has 0 N–H and O–H groups in total. The summed E-state index contributed by atoms with van der Waals surface area (Å²) >= 11 is 0. The van der Waals surface area contributed by atoms with Gasteiger partial charge in [-0.3, -0.25) is 0 Å². The van der Waals surface area contributed by atoms with E-state index in [-0.39, 0.29) is 183 Å². The molecule has 40 valence electrons. The first-order valence-electron chi connectivity index (χ1n) is 0. The third-order valence-electron chi connectivity index (χ3n) is 0. The molecule has 0 aliphatic rings. The molecule has 9 heavy (non-hydrogen) atoms. The van der Waals surface area contributed by atoms with E-state index in [2.05, 4.69) is 0 Å². The van der Waals surface area contributed by atoms with Crippen molar-refractivity contribution in [3.05, 3.63) is 0 Å². The fourth-order valence-corrected chi connectivity index (χ4v) is 0. The maximum atomic E-state index is 0. The van der Waals surface area contributed by atoms with Crippen molar-refractivity contribution in [3.8, 4) is 0 Å². The molecule has 0 saturated carbocycles. The van der Waals surface area contributed by atoms with Crippen LogP contribution in [0.3, 0.4) is 0 Å². The van der Waals surface area contributed by atoms with Crippen LogP contribution in [0.2, 0.25) is 0 Å². The minimum absolute atomic E-state index is 0. The SMILES string of the molecule is [Ca+2].[Ca+2].[Ga+3].[Ga+3].[S-2].[S-2].[S-2].[S-2].[S-2]. The maximum absolute atomic E-state index is 0. The zero-order valence-corrected chi connectivity index (χ0v) is 18.0. The molecule has 9 heteroatoms. The molecule has 0 heterocycles. The summed E-state index contributed by atoms with van der Waals surface area (Å²) in [5.74, 6) is 0. The van der Waals surface area contributed by atoms with Gasteiger partial charge < -0.3 is 67.5 Å². The predicted octanol–water partition coefficient (Wildman–Crippen LogP) is -1.54. The van der Waals surface area contributed by atoms with Gasteiger partial charge in [0.25, 0.3) is 0 Å². The van der Waals surface area contributed by atoms with E-state index in [1.165, 1.54) is 0 Å². The van der Waals surface area contributed by atoms with E-state index in [1.807, 2.05) is 0 Å². The van der Waals surface area contributed by atoms with Crippen LogP contribution >= 0.6 is 0 Å². The first kappa shape index (κ1) is 86.8. The third kappa shape index (κ3) is 58.7. The summed E-state index contributed by atoms with van der Waals surface area (Å²) in [7, 11) is 0. The first-order chi connectivity index (χ1) is 0.